The van der Waals surface area contributed by atoms with Gasteiger partial charge in [0.15, 0.2) is 0 Å². The topological polar surface area (TPSA) is 25.8 Å². The zero-order chi connectivity index (χ0) is 37.8. The molecule has 0 aliphatic rings. The fourth-order valence-corrected chi connectivity index (χ4v) is 8.23. The van der Waals surface area contributed by atoms with Gasteiger partial charge in [-0.1, -0.05) is 172 Å². The molecule has 0 spiro atoms. The third kappa shape index (κ3) is 6.01. The number of nitrogens with zero attached hydrogens (tertiary/aromatic N) is 2. The lowest BCUT2D eigenvalue weighted by Gasteiger charge is -2.23. The maximum Gasteiger partial charge on any atom is 0.0715 e. The van der Waals surface area contributed by atoms with Crippen molar-refractivity contribution in [3.63, 3.8) is 0 Å². The Labute approximate surface area is 328 Å². The molecule has 10 rings (SSSR count). The van der Waals surface area contributed by atoms with Gasteiger partial charge in [-0.15, -0.1) is 0 Å². The van der Waals surface area contributed by atoms with E-state index in [-0.39, 0.29) is 5.41 Å². The molecule has 0 saturated heterocycles. The molecule has 0 amide bonds. The standard InChI is InChI=1S/C54H40N2/c1-54(2,3)44-30-41-25-27-45-47(34-48(46-28-26-42(31-44)52(41)53(45)46)37-21-23-40(24-22-37)49-16-10-11-29-55-49)36-19-17-35(18-20-36)43-32-50(38-12-6-4-7-13-38)56-51(33-43)39-14-8-5-9-15-39/h4-34H,1-3H3. The number of benzene rings is 8. The van der Waals surface area contributed by atoms with Crippen LogP contribution in [0.2, 0.25) is 0 Å². The van der Waals surface area contributed by atoms with E-state index >= 15 is 0 Å². The number of pyridine rings is 2. The summed E-state index contributed by atoms with van der Waals surface area (Å²) in [5.41, 5.74) is 14.8. The highest BCUT2D eigenvalue weighted by Gasteiger charge is 2.20. The largest absolute Gasteiger partial charge is 0.256 e. The van der Waals surface area contributed by atoms with E-state index in [1.54, 1.807) is 0 Å². The number of rotatable bonds is 6. The Morgan fingerprint density at radius 1 is 0.357 bits per heavy atom. The summed E-state index contributed by atoms with van der Waals surface area (Å²) in [6, 6.07) is 65.9. The molecule has 2 heteroatoms. The van der Waals surface area contributed by atoms with Crippen molar-refractivity contribution in [2.75, 3.05) is 0 Å². The highest BCUT2D eigenvalue weighted by molar-refractivity contribution is 6.28. The van der Waals surface area contributed by atoms with Crippen LogP contribution in [0, 0.1) is 0 Å². The molecule has 10 aromatic rings. The first-order valence-corrected chi connectivity index (χ1v) is 19.4. The zero-order valence-electron chi connectivity index (χ0n) is 31.8. The Morgan fingerprint density at radius 3 is 1.34 bits per heavy atom. The van der Waals surface area contributed by atoms with E-state index in [4.69, 9.17) is 4.98 Å². The first-order valence-electron chi connectivity index (χ1n) is 19.4. The molecule has 2 nitrogen and oxygen atoms in total. The summed E-state index contributed by atoms with van der Waals surface area (Å²) in [7, 11) is 0. The van der Waals surface area contributed by atoms with E-state index in [1.165, 1.54) is 60.1 Å². The van der Waals surface area contributed by atoms with Crippen LogP contribution in [0.1, 0.15) is 26.3 Å². The lowest BCUT2D eigenvalue weighted by atomic mass is 9.81. The second kappa shape index (κ2) is 13.4. The number of hydrogen-bond donors (Lipinski definition) is 0. The third-order valence-electron chi connectivity index (χ3n) is 11.2. The predicted molar refractivity (Wildman–Crippen MR) is 237 cm³/mol. The van der Waals surface area contributed by atoms with Crippen LogP contribution in [0.15, 0.2) is 188 Å². The van der Waals surface area contributed by atoms with Gasteiger partial charge in [0.05, 0.1) is 17.1 Å². The fraction of sp³-hybridized carbons (Fsp3) is 0.0741. The summed E-state index contributed by atoms with van der Waals surface area (Å²) in [5, 5.41) is 7.76. The highest BCUT2D eigenvalue weighted by atomic mass is 14.7. The van der Waals surface area contributed by atoms with Crippen LogP contribution in [0.4, 0.5) is 0 Å². The molecule has 0 aliphatic heterocycles. The lowest BCUT2D eigenvalue weighted by Crippen LogP contribution is -2.10. The zero-order valence-corrected chi connectivity index (χ0v) is 31.8. The summed E-state index contributed by atoms with van der Waals surface area (Å²) >= 11 is 0. The smallest absolute Gasteiger partial charge is 0.0715 e. The van der Waals surface area contributed by atoms with Crippen molar-refractivity contribution in [3.8, 4) is 67.2 Å². The van der Waals surface area contributed by atoms with Gasteiger partial charge in [-0.2, -0.15) is 0 Å². The molecule has 0 saturated carbocycles. The van der Waals surface area contributed by atoms with Gasteiger partial charge in [0, 0.05) is 22.9 Å². The normalized spacial score (nSPS) is 11.8. The van der Waals surface area contributed by atoms with Gasteiger partial charge in [0.1, 0.15) is 0 Å². The molecule has 56 heavy (non-hydrogen) atoms. The molecule has 0 atom stereocenters. The van der Waals surface area contributed by atoms with Crippen LogP contribution < -0.4 is 0 Å². The van der Waals surface area contributed by atoms with Gasteiger partial charge in [-0.3, -0.25) is 4.98 Å². The van der Waals surface area contributed by atoms with Gasteiger partial charge in [0.2, 0.25) is 0 Å². The average Bonchev–Trinajstić information content (AvgIpc) is 3.26. The Hall–Kier alpha value is -6.90. The SMILES string of the molecule is CC(C)(C)c1cc2ccc3c(-c4ccc(-c5cc(-c6ccccc6)nc(-c6ccccc6)c5)cc4)cc(-c4ccc(-c5ccccn5)cc4)c4ccc(c1)c2c34. The van der Waals surface area contributed by atoms with E-state index in [9.17, 15) is 0 Å². The Kier molecular flexibility index (Phi) is 8.08. The molecule has 0 radical (unpaired) electrons. The van der Waals surface area contributed by atoms with E-state index in [1.807, 2.05) is 18.3 Å². The van der Waals surface area contributed by atoms with Gasteiger partial charge in [-0.05, 0) is 107 Å². The molecule has 0 fully saturated rings. The summed E-state index contributed by atoms with van der Waals surface area (Å²) in [6.07, 6.45) is 1.85. The number of hydrogen-bond acceptors (Lipinski definition) is 2. The average molecular weight is 717 g/mol. The van der Waals surface area contributed by atoms with Crippen molar-refractivity contribution in [2.45, 2.75) is 26.2 Å². The maximum absolute atomic E-state index is 5.12. The van der Waals surface area contributed by atoms with Gasteiger partial charge in [0.25, 0.3) is 0 Å². The monoisotopic (exact) mass is 716 g/mol. The van der Waals surface area contributed by atoms with E-state index in [0.717, 1.165) is 44.9 Å². The second-order valence-corrected chi connectivity index (χ2v) is 15.8. The second-order valence-electron chi connectivity index (χ2n) is 15.8. The quantitative estimate of drug-likeness (QED) is 0.160. The van der Waals surface area contributed by atoms with Crippen LogP contribution in [0.3, 0.4) is 0 Å². The molecule has 0 bridgehead atoms. The Morgan fingerprint density at radius 2 is 0.839 bits per heavy atom. The predicted octanol–water partition coefficient (Wildman–Crippen LogP) is 14.7. The molecule has 0 N–H and O–H groups in total. The molecule has 266 valence electrons. The summed E-state index contributed by atoms with van der Waals surface area (Å²) < 4.78 is 0. The van der Waals surface area contributed by atoms with Crippen LogP contribution in [0.5, 0.6) is 0 Å². The summed E-state index contributed by atoms with van der Waals surface area (Å²) in [5.74, 6) is 0. The van der Waals surface area contributed by atoms with Crippen LogP contribution in [0.25, 0.3) is 99.5 Å². The van der Waals surface area contributed by atoms with E-state index in [2.05, 4.69) is 196 Å². The van der Waals surface area contributed by atoms with Gasteiger partial charge in [-0.25, -0.2) is 4.98 Å². The summed E-state index contributed by atoms with van der Waals surface area (Å²) in [6.45, 7) is 6.89. The molecular weight excluding hydrogens is 677 g/mol. The minimum absolute atomic E-state index is 0.0520. The molecule has 0 unspecified atom stereocenters. The van der Waals surface area contributed by atoms with E-state index < -0.39 is 0 Å². The fourth-order valence-electron chi connectivity index (χ4n) is 8.23. The van der Waals surface area contributed by atoms with Crippen molar-refractivity contribution < 1.29 is 0 Å². The van der Waals surface area contributed by atoms with Crippen molar-refractivity contribution in [1.29, 1.82) is 0 Å². The van der Waals surface area contributed by atoms with Gasteiger partial charge < -0.3 is 0 Å². The number of aromatic nitrogens is 2. The lowest BCUT2D eigenvalue weighted by molar-refractivity contribution is 0.591. The molecular formula is C54H40N2. The van der Waals surface area contributed by atoms with Gasteiger partial charge >= 0.3 is 0 Å². The molecule has 0 aliphatic carbocycles. The highest BCUT2D eigenvalue weighted by Crippen LogP contribution is 2.45. The van der Waals surface area contributed by atoms with Crippen LogP contribution >= 0.6 is 0 Å². The summed E-state index contributed by atoms with van der Waals surface area (Å²) in [4.78, 5) is 9.72. The molecule has 2 aromatic heterocycles. The van der Waals surface area contributed by atoms with Crippen LogP contribution in [-0.2, 0) is 5.41 Å². The minimum atomic E-state index is 0.0520. The Bertz CT molecular complexity index is 2920. The first kappa shape index (κ1) is 33.7. The van der Waals surface area contributed by atoms with E-state index in [0.29, 0.717) is 0 Å². The van der Waals surface area contributed by atoms with Crippen LogP contribution in [-0.4, -0.2) is 9.97 Å². The Balaban J connectivity index is 1.15. The maximum atomic E-state index is 5.12. The minimum Gasteiger partial charge on any atom is -0.256 e. The van der Waals surface area contributed by atoms with Crippen molar-refractivity contribution in [2.24, 2.45) is 0 Å². The van der Waals surface area contributed by atoms with Crippen molar-refractivity contribution >= 4 is 32.3 Å². The molecule has 2 heterocycles. The molecule has 8 aromatic carbocycles. The van der Waals surface area contributed by atoms with Crippen molar-refractivity contribution in [3.05, 3.63) is 194 Å². The first-order chi connectivity index (χ1) is 27.4. The van der Waals surface area contributed by atoms with Crippen molar-refractivity contribution in [1.82, 2.24) is 9.97 Å². The third-order valence-corrected chi connectivity index (χ3v) is 11.2.